The second-order valence-corrected chi connectivity index (χ2v) is 4.64. The van der Waals surface area contributed by atoms with E-state index in [2.05, 4.69) is 5.32 Å². The molecule has 1 aromatic carbocycles. The van der Waals surface area contributed by atoms with Crippen LogP contribution in [0.3, 0.4) is 0 Å². The number of ether oxygens (including phenoxy) is 2. The summed E-state index contributed by atoms with van der Waals surface area (Å²) >= 11 is 0. The Morgan fingerprint density at radius 1 is 1.25 bits per heavy atom. The molecular formula is C15H22N2O3. The molecule has 1 aromatic rings. The van der Waals surface area contributed by atoms with Gasteiger partial charge in [0.1, 0.15) is 11.5 Å². The molecule has 5 heteroatoms. The Hall–Kier alpha value is -1.75. The van der Waals surface area contributed by atoms with Crippen LogP contribution in [0.4, 0.5) is 0 Å². The SMILES string of the molecule is CCOc1cccc(OCCC(=O)N2CCNCC2)c1. The highest BCUT2D eigenvalue weighted by Crippen LogP contribution is 2.19. The first-order valence-corrected chi connectivity index (χ1v) is 7.13. The van der Waals surface area contributed by atoms with Gasteiger partial charge in [-0.05, 0) is 19.1 Å². The van der Waals surface area contributed by atoms with Crippen LogP contribution in [0.1, 0.15) is 13.3 Å². The van der Waals surface area contributed by atoms with Gasteiger partial charge in [-0.3, -0.25) is 4.79 Å². The maximum absolute atomic E-state index is 12.0. The lowest BCUT2D eigenvalue weighted by Gasteiger charge is -2.27. The van der Waals surface area contributed by atoms with Gasteiger partial charge in [0.15, 0.2) is 0 Å². The van der Waals surface area contributed by atoms with E-state index in [1.807, 2.05) is 36.1 Å². The van der Waals surface area contributed by atoms with Crippen LogP contribution in [0, 0.1) is 0 Å². The van der Waals surface area contributed by atoms with E-state index < -0.39 is 0 Å². The van der Waals surface area contributed by atoms with Crippen molar-refractivity contribution in [3.05, 3.63) is 24.3 Å². The molecule has 0 saturated carbocycles. The van der Waals surface area contributed by atoms with Gasteiger partial charge in [-0.15, -0.1) is 0 Å². The third-order valence-corrected chi connectivity index (χ3v) is 3.17. The zero-order valence-corrected chi connectivity index (χ0v) is 11.9. The Morgan fingerprint density at radius 2 is 1.95 bits per heavy atom. The van der Waals surface area contributed by atoms with Crippen molar-refractivity contribution in [2.45, 2.75) is 13.3 Å². The van der Waals surface area contributed by atoms with E-state index in [0.29, 0.717) is 19.6 Å². The summed E-state index contributed by atoms with van der Waals surface area (Å²) in [4.78, 5) is 13.8. The number of carbonyl (C=O) groups is 1. The molecular weight excluding hydrogens is 256 g/mol. The number of amides is 1. The van der Waals surface area contributed by atoms with E-state index in [1.54, 1.807) is 0 Å². The van der Waals surface area contributed by atoms with Gasteiger partial charge >= 0.3 is 0 Å². The Morgan fingerprint density at radius 3 is 2.65 bits per heavy atom. The fraction of sp³-hybridized carbons (Fsp3) is 0.533. The molecule has 1 aliphatic heterocycles. The van der Waals surface area contributed by atoms with Crippen molar-refractivity contribution in [3.63, 3.8) is 0 Å². The van der Waals surface area contributed by atoms with Crippen molar-refractivity contribution >= 4 is 5.91 Å². The van der Waals surface area contributed by atoms with Gasteiger partial charge in [0, 0.05) is 32.2 Å². The Labute approximate surface area is 119 Å². The number of benzene rings is 1. The van der Waals surface area contributed by atoms with E-state index >= 15 is 0 Å². The quantitative estimate of drug-likeness (QED) is 0.852. The molecule has 1 aliphatic rings. The lowest BCUT2D eigenvalue weighted by Crippen LogP contribution is -2.46. The molecule has 0 spiro atoms. The zero-order chi connectivity index (χ0) is 14.2. The van der Waals surface area contributed by atoms with E-state index in [4.69, 9.17) is 9.47 Å². The summed E-state index contributed by atoms with van der Waals surface area (Å²) in [5.41, 5.74) is 0. The molecule has 0 unspecified atom stereocenters. The minimum Gasteiger partial charge on any atom is -0.494 e. The van der Waals surface area contributed by atoms with Gasteiger partial charge in [-0.25, -0.2) is 0 Å². The van der Waals surface area contributed by atoms with Gasteiger partial charge in [0.25, 0.3) is 0 Å². The van der Waals surface area contributed by atoms with Crippen LogP contribution in [0.25, 0.3) is 0 Å². The molecule has 0 bridgehead atoms. The third-order valence-electron chi connectivity index (χ3n) is 3.17. The number of hydrogen-bond donors (Lipinski definition) is 1. The van der Waals surface area contributed by atoms with E-state index in [-0.39, 0.29) is 5.91 Å². The smallest absolute Gasteiger partial charge is 0.226 e. The Balaban J connectivity index is 1.74. The van der Waals surface area contributed by atoms with Crippen molar-refractivity contribution in [1.82, 2.24) is 10.2 Å². The predicted octanol–water partition coefficient (Wildman–Crippen LogP) is 1.29. The average Bonchev–Trinajstić information content (AvgIpc) is 2.49. The topological polar surface area (TPSA) is 50.8 Å². The molecule has 110 valence electrons. The van der Waals surface area contributed by atoms with Gasteiger partial charge in [0.05, 0.1) is 19.6 Å². The van der Waals surface area contributed by atoms with Gasteiger partial charge in [-0.1, -0.05) is 6.07 Å². The summed E-state index contributed by atoms with van der Waals surface area (Å²) in [7, 11) is 0. The number of rotatable bonds is 6. The fourth-order valence-corrected chi connectivity index (χ4v) is 2.15. The molecule has 1 N–H and O–H groups in total. The minimum atomic E-state index is 0.160. The molecule has 0 aliphatic carbocycles. The number of piperazine rings is 1. The fourth-order valence-electron chi connectivity index (χ4n) is 2.15. The maximum Gasteiger partial charge on any atom is 0.226 e. The Bertz CT molecular complexity index is 431. The highest BCUT2D eigenvalue weighted by atomic mass is 16.5. The van der Waals surface area contributed by atoms with Crippen LogP contribution in [-0.4, -0.2) is 50.2 Å². The summed E-state index contributed by atoms with van der Waals surface area (Å²) in [6, 6.07) is 7.50. The van der Waals surface area contributed by atoms with Crippen molar-refractivity contribution < 1.29 is 14.3 Å². The summed E-state index contributed by atoms with van der Waals surface area (Å²) in [6.45, 7) is 6.31. The molecule has 5 nitrogen and oxygen atoms in total. The van der Waals surface area contributed by atoms with Crippen LogP contribution in [-0.2, 0) is 4.79 Å². The normalized spacial score (nSPS) is 14.9. The van der Waals surface area contributed by atoms with Crippen LogP contribution >= 0.6 is 0 Å². The number of nitrogens with one attached hydrogen (secondary N) is 1. The maximum atomic E-state index is 12.0. The zero-order valence-electron chi connectivity index (χ0n) is 11.9. The van der Waals surface area contributed by atoms with Crippen molar-refractivity contribution in [3.8, 4) is 11.5 Å². The molecule has 1 saturated heterocycles. The summed E-state index contributed by atoms with van der Waals surface area (Å²) in [5, 5.41) is 3.23. The van der Waals surface area contributed by atoms with Crippen molar-refractivity contribution in [1.29, 1.82) is 0 Å². The van der Waals surface area contributed by atoms with Gasteiger partial charge in [-0.2, -0.15) is 0 Å². The van der Waals surface area contributed by atoms with E-state index in [1.165, 1.54) is 0 Å². The largest absolute Gasteiger partial charge is 0.494 e. The minimum absolute atomic E-state index is 0.160. The first kappa shape index (κ1) is 14.7. The number of hydrogen-bond acceptors (Lipinski definition) is 4. The molecule has 1 fully saturated rings. The Kier molecular flexibility index (Phi) is 5.68. The molecule has 0 radical (unpaired) electrons. The standard InChI is InChI=1S/C15H22N2O3/c1-2-19-13-4-3-5-14(12-13)20-11-6-15(18)17-9-7-16-8-10-17/h3-5,12,16H,2,6-11H2,1H3. The van der Waals surface area contributed by atoms with Gasteiger partial charge < -0.3 is 19.7 Å². The first-order chi connectivity index (χ1) is 9.79. The lowest BCUT2D eigenvalue weighted by atomic mass is 10.3. The van der Waals surface area contributed by atoms with Crippen LogP contribution in [0.15, 0.2) is 24.3 Å². The van der Waals surface area contributed by atoms with Gasteiger partial charge in [0.2, 0.25) is 5.91 Å². The predicted molar refractivity (Wildman–Crippen MR) is 77.2 cm³/mol. The summed E-state index contributed by atoms with van der Waals surface area (Å²) in [6.07, 6.45) is 0.416. The van der Waals surface area contributed by atoms with Crippen LogP contribution < -0.4 is 14.8 Å². The lowest BCUT2D eigenvalue weighted by molar-refractivity contribution is -0.132. The monoisotopic (exact) mass is 278 g/mol. The third kappa shape index (κ3) is 4.42. The molecule has 0 atom stereocenters. The number of carbonyl (C=O) groups excluding carboxylic acids is 1. The van der Waals surface area contributed by atoms with E-state index in [9.17, 15) is 4.79 Å². The average molecular weight is 278 g/mol. The second-order valence-electron chi connectivity index (χ2n) is 4.64. The van der Waals surface area contributed by atoms with Crippen LogP contribution in [0.5, 0.6) is 11.5 Å². The summed E-state index contributed by atoms with van der Waals surface area (Å²) < 4.78 is 11.0. The van der Waals surface area contributed by atoms with E-state index in [0.717, 1.165) is 37.7 Å². The molecule has 20 heavy (non-hydrogen) atoms. The first-order valence-electron chi connectivity index (χ1n) is 7.13. The van der Waals surface area contributed by atoms with Crippen molar-refractivity contribution in [2.24, 2.45) is 0 Å². The molecule has 1 heterocycles. The highest BCUT2D eigenvalue weighted by molar-refractivity contribution is 5.76. The molecule has 0 aromatic heterocycles. The number of nitrogens with zero attached hydrogens (tertiary/aromatic N) is 1. The highest BCUT2D eigenvalue weighted by Gasteiger charge is 2.15. The molecule has 1 amide bonds. The summed E-state index contributed by atoms with van der Waals surface area (Å²) in [5.74, 6) is 1.69. The second kappa shape index (κ2) is 7.75. The van der Waals surface area contributed by atoms with Crippen LogP contribution in [0.2, 0.25) is 0 Å². The molecule has 2 rings (SSSR count). The van der Waals surface area contributed by atoms with Crippen molar-refractivity contribution in [2.75, 3.05) is 39.4 Å².